The van der Waals surface area contributed by atoms with Crippen LogP contribution in [-0.2, 0) is 16.8 Å². The third-order valence-corrected chi connectivity index (χ3v) is 11.8. The van der Waals surface area contributed by atoms with Crippen molar-refractivity contribution in [3.8, 4) is 11.5 Å². The lowest BCUT2D eigenvalue weighted by molar-refractivity contribution is -0.455. The number of ether oxygens (including phenoxy) is 1. The van der Waals surface area contributed by atoms with Gasteiger partial charge in [-0.1, -0.05) is 53.1 Å². The number of carbonyl (C=O) groups excluding carboxylic acids is 1. The molecule has 48 heavy (non-hydrogen) atoms. The summed E-state index contributed by atoms with van der Waals surface area (Å²) in [6.07, 6.45) is 2.75. The number of aromatic hydroxyl groups is 1. The third-order valence-electron chi connectivity index (χ3n) is 8.82. The Balaban J connectivity index is 1.33. The molecule has 246 valence electrons. The van der Waals surface area contributed by atoms with Gasteiger partial charge in [0.25, 0.3) is 5.69 Å². The lowest BCUT2D eigenvalue weighted by Gasteiger charge is -2.21. The molecule has 0 radical (unpaired) electrons. The van der Waals surface area contributed by atoms with Crippen molar-refractivity contribution in [2.45, 2.75) is 57.2 Å². The van der Waals surface area contributed by atoms with E-state index in [0.717, 1.165) is 47.5 Å². The lowest BCUT2D eigenvalue weighted by Crippen LogP contribution is -2.30. The minimum atomic E-state index is -0.461. The lowest BCUT2D eigenvalue weighted by atomic mass is 9.79. The molecule has 0 saturated carbocycles. The van der Waals surface area contributed by atoms with Crippen molar-refractivity contribution < 1.29 is 24.1 Å². The summed E-state index contributed by atoms with van der Waals surface area (Å²) in [5, 5.41) is 30.8. The molecule has 1 saturated heterocycles. The van der Waals surface area contributed by atoms with E-state index in [1.165, 1.54) is 24.3 Å². The predicted octanol–water partition coefficient (Wildman–Crippen LogP) is 9.82. The van der Waals surface area contributed by atoms with E-state index in [2.05, 4.69) is 47.7 Å². The molecule has 2 unspecified atom stereocenters. The normalized spacial score (nSPS) is 17.4. The van der Waals surface area contributed by atoms with E-state index in [4.69, 9.17) is 4.74 Å². The van der Waals surface area contributed by atoms with E-state index in [0.29, 0.717) is 29.2 Å². The van der Waals surface area contributed by atoms with E-state index in [-0.39, 0.29) is 28.6 Å². The summed E-state index contributed by atoms with van der Waals surface area (Å²) in [5.74, 6) is 1.42. The number of phenolic OH excluding ortho intramolecular Hbond substituents is 1. The third kappa shape index (κ3) is 7.02. The number of carbonyl (C=O) groups is 1. The molecule has 0 spiro atoms. The maximum Gasteiger partial charge on any atom is 0.315 e. The summed E-state index contributed by atoms with van der Waals surface area (Å²) >= 11 is 0. The number of nitro benzene ring substituents is 1. The molecule has 9 nitrogen and oxygen atoms in total. The Kier molecular flexibility index (Phi) is 9.98. The fourth-order valence-corrected chi connectivity index (χ4v) is 9.60. The van der Waals surface area contributed by atoms with E-state index in [1.54, 1.807) is 29.0 Å². The van der Waals surface area contributed by atoms with Crippen LogP contribution in [0.5, 0.6) is 11.5 Å². The smallest absolute Gasteiger partial charge is 0.315 e. The Morgan fingerprint density at radius 3 is 2.46 bits per heavy atom. The van der Waals surface area contributed by atoms with Crippen LogP contribution in [0, 0.1) is 16.0 Å². The van der Waals surface area contributed by atoms with Gasteiger partial charge in [-0.2, -0.15) is 14.8 Å². The first kappa shape index (κ1) is 33.4. The van der Waals surface area contributed by atoms with Gasteiger partial charge < -0.3 is 9.84 Å². The first-order valence-corrected chi connectivity index (χ1v) is 18.4. The van der Waals surface area contributed by atoms with Crippen molar-refractivity contribution in [2.24, 2.45) is 16.1 Å². The van der Waals surface area contributed by atoms with E-state index in [1.807, 2.05) is 47.2 Å². The van der Waals surface area contributed by atoms with E-state index >= 15 is 0 Å². The molecule has 0 amide bonds. The average molecular weight is 682 g/mol. The molecule has 4 aromatic rings. The summed E-state index contributed by atoms with van der Waals surface area (Å²) in [5.41, 5.74) is 5.27. The molecule has 2 heterocycles. The maximum absolute atomic E-state index is 13.5. The Bertz CT molecular complexity index is 1890. The zero-order valence-electron chi connectivity index (χ0n) is 27.0. The standard InChI is InChI=1S/C37H36N4O5S2/c1-4-8-30(34-19-20-47-48-34)36(43)46-29-16-17-32-31(22-29)37(2,3)35(24-9-6-5-7-10-24)40(32)23-25-21-27(13-18-33(25)42)39-38-26-11-14-28(15-12-26)41(44)45/h5-7,9-18,21-22,30,34H,4,8,19-20,23H2,1-3H3/p+1. The van der Waals surface area contributed by atoms with Gasteiger partial charge in [0, 0.05) is 40.3 Å². The van der Waals surface area contributed by atoms with Crippen LogP contribution >= 0.6 is 21.6 Å². The SMILES string of the molecule is CCCC(C(=O)Oc1ccc2c(c1)C(C)(C)C(c1ccccc1)=[N+]2Cc1cc(/N=N/c2ccc([N+](=O)[O-])cc2)ccc1O)C1CCSS1. The monoisotopic (exact) mass is 681 g/mol. The fourth-order valence-electron chi connectivity index (χ4n) is 6.44. The maximum atomic E-state index is 13.5. The van der Waals surface area contributed by atoms with Crippen LogP contribution in [-0.4, -0.2) is 37.3 Å². The quantitative estimate of drug-likeness (QED) is 0.0318. The highest BCUT2D eigenvalue weighted by molar-refractivity contribution is 8.77. The second kappa shape index (κ2) is 14.3. The number of rotatable bonds is 11. The number of fused-ring (bicyclic) bond motifs is 1. The van der Waals surface area contributed by atoms with Crippen LogP contribution in [0.3, 0.4) is 0 Å². The molecule has 0 aromatic heterocycles. The molecule has 4 aromatic carbocycles. The Morgan fingerprint density at radius 1 is 1.04 bits per heavy atom. The molecular weight excluding hydrogens is 645 g/mol. The van der Waals surface area contributed by atoms with Crippen LogP contribution in [0.4, 0.5) is 22.7 Å². The summed E-state index contributed by atoms with van der Waals surface area (Å²) < 4.78 is 8.29. The minimum absolute atomic E-state index is 0.0199. The number of azo groups is 1. The fraction of sp³-hybridized carbons (Fsp3) is 0.297. The summed E-state index contributed by atoms with van der Waals surface area (Å²) in [7, 11) is 3.64. The van der Waals surface area contributed by atoms with Crippen molar-refractivity contribution in [2.75, 3.05) is 5.75 Å². The van der Waals surface area contributed by atoms with Crippen LogP contribution in [0.1, 0.15) is 56.7 Å². The van der Waals surface area contributed by atoms with Crippen molar-refractivity contribution in [3.05, 3.63) is 118 Å². The van der Waals surface area contributed by atoms with Gasteiger partial charge in [-0.3, -0.25) is 14.9 Å². The minimum Gasteiger partial charge on any atom is -0.507 e. The van der Waals surface area contributed by atoms with Crippen LogP contribution in [0.15, 0.2) is 101 Å². The molecule has 11 heteroatoms. The van der Waals surface area contributed by atoms with E-state index in [9.17, 15) is 20.0 Å². The Labute approximate surface area is 287 Å². The van der Waals surface area contributed by atoms with Gasteiger partial charge in [0.05, 0.1) is 33.2 Å². The van der Waals surface area contributed by atoms with Crippen molar-refractivity contribution in [1.82, 2.24) is 0 Å². The largest absolute Gasteiger partial charge is 0.507 e. The summed E-state index contributed by atoms with van der Waals surface area (Å²) in [6, 6.07) is 26.9. The van der Waals surface area contributed by atoms with Gasteiger partial charge in [0.2, 0.25) is 5.69 Å². The van der Waals surface area contributed by atoms with Gasteiger partial charge in [0.15, 0.2) is 12.3 Å². The number of hydrogen-bond donors (Lipinski definition) is 1. The summed E-state index contributed by atoms with van der Waals surface area (Å²) in [6.45, 7) is 6.79. The number of phenols is 1. The van der Waals surface area contributed by atoms with Crippen molar-refractivity contribution >= 4 is 56.0 Å². The molecular formula is C37H37N4O5S2+. The Hall–Kier alpha value is -4.48. The highest BCUT2D eigenvalue weighted by Gasteiger charge is 2.47. The molecule has 2 atom stereocenters. The highest BCUT2D eigenvalue weighted by atomic mass is 33.1. The number of esters is 1. The second-order valence-corrected chi connectivity index (χ2v) is 15.2. The van der Waals surface area contributed by atoms with Crippen LogP contribution in [0.25, 0.3) is 0 Å². The number of nitro groups is 1. The van der Waals surface area contributed by atoms with Gasteiger partial charge in [-0.25, -0.2) is 0 Å². The van der Waals surface area contributed by atoms with Gasteiger partial charge in [-0.05, 0) is 81.3 Å². The van der Waals surface area contributed by atoms with Gasteiger partial charge >= 0.3 is 5.97 Å². The molecule has 2 aliphatic rings. The molecule has 1 N–H and O–H groups in total. The van der Waals surface area contributed by atoms with Crippen molar-refractivity contribution in [3.63, 3.8) is 0 Å². The number of hydrogen-bond acceptors (Lipinski definition) is 9. The first-order chi connectivity index (χ1) is 23.2. The highest BCUT2D eigenvalue weighted by Crippen LogP contribution is 2.46. The zero-order chi connectivity index (χ0) is 33.8. The molecule has 2 aliphatic heterocycles. The van der Waals surface area contributed by atoms with Gasteiger partial charge in [-0.15, -0.1) is 0 Å². The zero-order valence-corrected chi connectivity index (χ0v) is 28.7. The Morgan fingerprint density at radius 2 is 1.77 bits per heavy atom. The molecule has 1 fully saturated rings. The van der Waals surface area contributed by atoms with Crippen LogP contribution in [0.2, 0.25) is 0 Å². The van der Waals surface area contributed by atoms with Gasteiger partial charge in [0.1, 0.15) is 11.5 Å². The predicted molar refractivity (Wildman–Crippen MR) is 192 cm³/mol. The molecule has 6 rings (SSSR count). The van der Waals surface area contributed by atoms with Crippen LogP contribution < -0.4 is 4.74 Å². The number of non-ortho nitro benzene ring substituents is 1. The van der Waals surface area contributed by atoms with Crippen molar-refractivity contribution in [1.29, 1.82) is 0 Å². The number of benzene rings is 4. The average Bonchev–Trinajstić information content (AvgIpc) is 3.69. The first-order valence-electron chi connectivity index (χ1n) is 16.0. The second-order valence-electron chi connectivity index (χ2n) is 12.5. The van der Waals surface area contributed by atoms with E-state index < -0.39 is 10.3 Å². The number of nitrogens with zero attached hydrogens (tertiary/aromatic N) is 4. The summed E-state index contributed by atoms with van der Waals surface area (Å²) in [4.78, 5) is 24.0. The topological polar surface area (TPSA) is 117 Å². The molecule has 0 bridgehead atoms. The molecule has 0 aliphatic carbocycles.